The van der Waals surface area contributed by atoms with Crippen molar-refractivity contribution in [1.82, 2.24) is 19.8 Å². The first kappa shape index (κ1) is 21.5. The number of fused-ring (bicyclic) bond motifs is 3. The van der Waals surface area contributed by atoms with Gasteiger partial charge in [-0.1, -0.05) is 19.8 Å². The van der Waals surface area contributed by atoms with Crippen LogP contribution in [0.25, 0.3) is 10.2 Å². The number of aromatic nitrogens is 2. The van der Waals surface area contributed by atoms with E-state index in [4.69, 9.17) is 4.74 Å². The van der Waals surface area contributed by atoms with E-state index in [2.05, 4.69) is 35.9 Å². The number of carbonyl (C=O) groups is 1. The van der Waals surface area contributed by atoms with Crippen molar-refractivity contribution in [3.05, 3.63) is 16.8 Å². The molecule has 0 N–H and O–H groups in total. The maximum atomic E-state index is 12.7. The van der Waals surface area contributed by atoms with Gasteiger partial charge < -0.3 is 14.5 Å². The molecule has 2 aromatic rings. The second-order valence-electron chi connectivity index (χ2n) is 8.90. The highest BCUT2D eigenvalue weighted by Gasteiger charge is 2.29. The maximum absolute atomic E-state index is 12.7. The fraction of sp³-hybridized carbons (Fsp3) is 0.696. The summed E-state index contributed by atoms with van der Waals surface area (Å²) in [6.07, 6.45) is 11.1. The Balaban J connectivity index is 1.50. The van der Waals surface area contributed by atoms with Gasteiger partial charge in [0, 0.05) is 36.0 Å². The lowest BCUT2D eigenvalue weighted by atomic mass is 9.92. The van der Waals surface area contributed by atoms with Crippen molar-refractivity contribution in [2.45, 2.75) is 83.4 Å². The van der Waals surface area contributed by atoms with Crippen molar-refractivity contribution in [3.8, 4) is 5.88 Å². The summed E-state index contributed by atoms with van der Waals surface area (Å²) in [6.45, 7) is 3.64. The second kappa shape index (κ2) is 9.60. The molecule has 6 nitrogen and oxygen atoms in total. The van der Waals surface area contributed by atoms with Gasteiger partial charge in [-0.25, -0.2) is 9.97 Å². The molecule has 2 aromatic heterocycles. The summed E-state index contributed by atoms with van der Waals surface area (Å²) in [6, 6.07) is 0.649. The molecule has 0 aromatic carbocycles. The lowest BCUT2D eigenvalue weighted by Crippen LogP contribution is -2.36. The molecule has 2 aliphatic rings. The summed E-state index contributed by atoms with van der Waals surface area (Å²) >= 11 is 1.74. The first-order valence-corrected chi connectivity index (χ1v) is 12.2. The number of hydrogen-bond donors (Lipinski definition) is 0. The van der Waals surface area contributed by atoms with Crippen LogP contribution in [0.1, 0.15) is 68.7 Å². The van der Waals surface area contributed by atoms with Crippen molar-refractivity contribution >= 4 is 27.5 Å². The van der Waals surface area contributed by atoms with E-state index in [1.54, 1.807) is 17.7 Å². The summed E-state index contributed by atoms with van der Waals surface area (Å²) in [5.74, 6) is 0.987. The quantitative estimate of drug-likeness (QED) is 0.609. The summed E-state index contributed by atoms with van der Waals surface area (Å²) < 4.78 is 6.43. The highest BCUT2D eigenvalue weighted by molar-refractivity contribution is 7.18. The smallest absolute Gasteiger partial charge is 0.225 e. The number of ether oxygens (including phenoxy) is 1. The van der Waals surface area contributed by atoms with Crippen LogP contribution in [0.4, 0.5) is 0 Å². The highest BCUT2D eigenvalue weighted by atomic mass is 32.1. The summed E-state index contributed by atoms with van der Waals surface area (Å²) in [7, 11) is 4.32. The van der Waals surface area contributed by atoms with Gasteiger partial charge in [-0.15, -0.1) is 11.3 Å². The SMILES string of the molecule is CCCCCC(=O)N1CCc2sc3ncnc(O[C@H]4CC[C@H](N(C)C)CC4)c3c2C1. The zero-order valence-corrected chi connectivity index (χ0v) is 19.3. The molecular formula is C23H34N4O2S. The Labute approximate surface area is 183 Å². The molecule has 7 heteroatoms. The fourth-order valence-electron chi connectivity index (χ4n) is 4.71. The Bertz CT molecular complexity index is 873. The van der Waals surface area contributed by atoms with Gasteiger partial charge in [0.25, 0.3) is 0 Å². The molecule has 1 aliphatic carbocycles. The lowest BCUT2D eigenvalue weighted by molar-refractivity contribution is -0.132. The van der Waals surface area contributed by atoms with Crippen molar-refractivity contribution in [1.29, 1.82) is 0 Å². The van der Waals surface area contributed by atoms with Crippen LogP contribution in [-0.2, 0) is 17.8 Å². The lowest BCUT2D eigenvalue weighted by Gasteiger charge is -2.32. The normalized spacial score (nSPS) is 21.8. The Morgan fingerprint density at radius 3 is 2.77 bits per heavy atom. The van der Waals surface area contributed by atoms with E-state index < -0.39 is 0 Å². The Morgan fingerprint density at radius 2 is 2.03 bits per heavy atom. The Hall–Kier alpha value is -1.73. The molecule has 0 saturated heterocycles. The minimum absolute atomic E-state index is 0.213. The minimum atomic E-state index is 0.213. The van der Waals surface area contributed by atoms with Crippen molar-refractivity contribution in [2.75, 3.05) is 20.6 Å². The van der Waals surface area contributed by atoms with Gasteiger partial charge in [0.2, 0.25) is 11.8 Å². The molecule has 0 atom stereocenters. The van der Waals surface area contributed by atoms with E-state index in [1.165, 1.54) is 10.4 Å². The second-order valence-corrected chi connectivity index (χ2v) is 9.98. The molecular weight excluding hydrogens is 396 g/mol. The summed E-state index contributed by atoms with van der Waals surface area (Å²) in [5, 5.41) is 1.04. The molecule has 1 fully saturated rings. The molecule has 1 aliphatic heterocycles. The molecule has 0 unspecified atom stereocenters. The van der Waals surface area contributed by atoms with Crippen LogP contribution >= 0.6 is 11.3 Å². The zero-order valence-electron chi connectivity index (χ0n) is 18.5. The third kappa shape index (κ3) is 4.62. The monoisotopic (exact) mass is 430 g/mol. The number of thiophene rings is 1. The number of amides is 1. The van der Waals surface area contributed by atoms with Crippen LogP contribution in [0, 0.1) is 0 Å². The standard InChI is InChI=1S/C23H34N4O2S/c1-4-5-6-7-20(28)27-13-12-19-18(14-27)21-22(24-15-25-23(21)30-19)29-17-10-8-16(9-11-17)26(2)3/h15-17H,4-14H2,1-3H3/t16-,17-. The van der Waals surface area contributed by atoms with Gasteiger partial charge in [0.05, 0.1) is 5.39 Å². The Morgan fingerprint density at radius 1 is 1.23 bits per heavy atom. The molecule has 0 spiro atoms. The molecule has 164 valence electrons. The number of carbonyl (C=O) groups excluding carboxylic acids is 1. The highest BCUT2D eigenvalue weighted by Crippen LogP contribution is 2.39. The van der Waals surface area contributed by atoms with E-state index in [0.717, 1.165) is 68.1 Å². The predicted molar refractivity (Wildman–Crippen MR) is 121 cm³/mol. The number of hydrogen-bond acceptors (Lipinski definition) is 6. The van der Waals surface area contributed by atoms with E-state index in [0.29, 0.717) is 24.9 Å². The average molecular weight is 431 g/mol. The fourth-order valence-corrected chi connectivity index (χ4v) is 5.84. The van der Waals surface area contributed by atoms with Crippen LogP contribution in [0.2, 0.25) is 0 Å². The van der Waals surface area contributed by atoms with E-state index in [-0.39, 0.29) is 12.0 Å². The molecule has 4 rings (SSSR count). The van der Waals surface area contributed by atoms with E-state index in [1.807, 2.05) is 4.90 Å². The topological polar surface area (TPSA) is 58.6 Å². The van der Waals surface area contributed by atoms with Crippen LogP contribution in [0.5, 0.6) is 5.88 Å². The van der Waals surface area contributed by atoms with Crippen molar-refractivity contribution in [2.24, 2.45) is 0 Å². The van der Waals surface area contributed by atoms with Gasteiger partial charge in [-0.2, -0.15) is 0 Å². The van der Waals surface area contributed by atoms with Gasteiger partial charge in [0.15, 0.2) is 0 Å². The molecule has 1 amide bonds. The largest absolute Gasteiger partial charge is 0.474 e. The third-order valence-electron chi connectivity index (χ3n) is 6.59. The van der Waals surface area contributed by atoms with Crippen LogP contribution in [0.15, 0.2) is 6.33 Å². The molecule has 3 heterocycles. The number of unbranched alkanes of at least 4 members (excludes halogenated alkanes) is 2. The van der Waals surface area contributed by atoms with Gasteiger partial charge in [-0.05, 0) is 52.6 Å². The minimum Gasteiger partial charge on any atom is -0.474 e. The van der Waals surface area contributed by atoms with E-state index in [9.17, 15) is 4.79 Å². The molecule has 1 saturated carbocycles. The van der Waals surface area contributed by atoms with Crippen molar-refractivity contribution in [3.63, 3.8) is 0 Å². The first-order chi connectivity index (χ1) is 14.6. The number of rotatable bonds is 7. The first-order valence-electron chi connectivity index (χ1n) is 11.4. The maximum Gasteiger partial charge on any atom is 0.225 e. The summed E-state index contributed by atoms with van der Waals surface area (Å²) in [4.78, 5) is 28.4. The van der Waals surface area contributed by atoms with Crippen molar-refractivity contribution < 1.29 is 9.53 Å². The predicted octanol–water partition coefficient (Wildman–Crippen LogP) is 4.41. The van der Waals surface area contributed by atoms with Crippen LogP contribution in [-0.4, -0.2) is 58.5 Å². The zero-order chi connectivity index (χ0) is 21.1. The number of nitrogens with zero attached hydrogens (tertiary/aromatic N) is 4. The van der Waals surface area contributed by atoms with Gasteiger partial charge in [-0.3, -0.25) is 4.79 Å². The molecule has 30 heavy (non-hydrogen) atoms. The Kier molecular flexibility index (Phi) is 6.88. The molecule has 0 radical (unpaired) electrons. The summed E-state index contributed by atoms with van der Waals surface area (Å²) in [5.41, 5.74) is 1.21. The molecule has 0 bridgehead atoms. The average Bonchev–Trinajstić information content (AvgIpc) is 3.13. The van der Waals surface area contributed by atoms with E-state index >= 15 is 0 Å². The van der Waals surface area contributed by atoms with Crippen LogP contribution in [0.3, 0.4) is 0 Å². The third-order valence-corrected chi connectivity index (χ3v) is 7.79. The van der Waals surface area contributed by atoms with Crippen LogP contribution < -0.4 is 4.74 Å². The van der Waals surface area contributed by atoms with Gasteiger partial charge in [0.1, 0.15) is 17.3 Å². The van der Waals surface area contributed by atoms with Gasteiger partial charge >= 0.3 is 0 Å².